The van der Waals surface area contributed by atoms with Gasteiger partial charge in [-0.1, -0.05) is 82.3 Å². The van der Waals surface area contributed by atoms with E-state index in [0.29, 0.717) is 0 Å². The molecule has 2 aromatic carbocycles. The number of nitrogens with one attached hydrogen (secondary N) is 1. The third-order valence-electron chi connectivity index (χ3n) is 4.68. The molecule has 3 rings (SSSR count). The van der Waals surface area contributed by atoms with Crippen LogP contribution in [-0.2, 0) is 6.42 Å². The van der Waals surface area contributed by atoms with E-state index in [2.05, 4.69) is 85.9 Å². The van der Waals surface area contributed by atoms with Crippen LogP contribution in [0.1, 0.15) is 63.8 Å². The van der Waals surface area contributed by atoms with Crippen LogP contribution in [0.5, 0.6) is 0 Å². The molecular weight excluding hydrogens is 328 g/mol. The molecule has 0 heterocycles. The van der Waals surface area contributed by atoms with Crippen molar-refractivity contribution >= 4 is 16.8 Å². The van der Waals surface area contributed by atoms with Gasteiger partial charge in [-0.25, -0.2) is 5.43 Å². The fraction of sp³-hybridized carbons (Fsp3) is 0.360. The number of hydrazine groups is 1. The maximum absolute atomic E-state index is 3.28. The van der Waals surface area contributed by atoms with Crippen LogP contribution in [0.15, 0.2) is 54.6 Å². The van der Waals surface area contributed by atoms with Gasteiger partial charge >= 0.3 is 0 Å². The Morgan fingerprint density at radius 1 is 0.778 bits per heavy atom. The topological polar surface area (TPSA) is 15.3 Å². The monoisotopic (exact) mass is 364 g/mol. The molecule has 2 heteroatoms. The standard InChI is InChI=1S/C21H24N2.2C2H6/c1-15-13-14-17-9-5-6-11-19(17)16(2)21(23(4)22-3)20-12-8-7-10-18(15)20;2*1-2/h5-13,22H,14H2,1-4H3;2*1-2H3/b15-13?,21-16+;;. The van der Waals surface area contributed by atoms with E-state index in [1.54, 1.807) is 0 Å². The zero-order valence-electron chi connectivity index (χ0n) is 18.4. The minimum Gasteiger partial charge on any atom is -0.311 e. The molecule has 1 N–H and O–H groups in total. The van der Waals surface area contributed by atoms with Gasteiger partial charge in [0.25, 0.3) is 0 Å². The van der Waals surface area contributed by atoms with Gasteiger partial charge in [-0.15, -0.1) is 0 Å². The molecule has 0 saturated carbocycles. The van der Waals surface area contributed by atoms with Crippen molar-refractivity contribution in [3.63, 3.8) is 0 Å². The number of rotatable bonds is 2. The van der Waals surface area contributed by atoms with Crippen molar-refractivity contribution in [2.24, 2.45) is 0 Å². The maximum Gasteiger partial charge on any atom is 0.0629 e. The van der Waals surface area contributed by atoms with Crippen molar-refractivity contribution in [3.8, 4) is 0 Å². The summed E-state index contributed by atoms with van der Waals surface area (Å²) in [6, 6.07) is 17.4. The second kappa shape index (κ2) is 11.4. The molecule has 0 aromatic heterocycles. The number of hydrogen-bond acceptors (Lipinski definition) is 2. The Morgan fingerprint density at radius 2 is 1.30 bits per heavy atom. The molecule has 146 valence electrons. The van der Waals surface area contributed by atoms with Gasteiger partial charge in [-0.2, -0.15) is 0 Å². The zero-order chi connectivity index (χ0) is 20.4. The van der Waals surface area contributed by atoms with Crippen molar-refractivity contribution in [1.82, 2.24) is 10.4 Å². The molecule has 2 aromatic rings. The quantitative estimate of drug-likeness (QED) is 0.600. The van der Waals surface area contributed by atoms with E-state index in [0.717, 1.165) is 6.42 Å². The van der Waals surface area contributed by atoms with E-state index in [9.17, 15) is 0 Å². The highest BCUT2D eigenvalue weighted by Crippen LogP contribution is 2.35. The molecule has 0 fully saturated rings. The van der Waals surface area contributed by atoms with Crippen LogP contribution in [0.25, 0.3) is 16.8 Å². The molecule has 0 bridgehead atoms. The van der Waals surface area contributed by atoms with Gasteiger partial charge in [-0.05, 0) is 48.1 Å². The van der Waals surface area contributed by atoms with Crippen LogP contribution in [0.4, 0.5) is 0 Å². The summed E-state index contributed by atoms with van der Waals surface area (Å²) in [7, 11) is 4.04. The van der Waals surface area contributed by atoms with E-state index in [4.69, 9.17) is 0 Å². The molecule has 0 radical (unpaired) electrons. The van der Waals surface area contributed by atoms with E-state index in [-0.39, 0.29) is 0 Å². The number of allylic oxidation sites excluding steroid dienone is 3. The molecule has 27 heavy (non-hydrogen) atoms. The van der Waals surface area contributed by atoms with Crippen LogP contribution in [0.2, 0.25) is 0 Å². The van der Waals surface area contributed by atoms with Crippen LogP contribution >= 0.6 is 0 Å². The second-order valence-electron chi connectivity index (χ2n) is 6.05. The third-order valence-corrected chi connectivity index (χ3v) is 4.68. The summed E-state index contributed by atoms with van der Waals surface area (Å²) < 4.78 is 0. The Kier molecular flexibility index (Phi) is 9.60. The van der Waals surface area contributed by atoms with Gasteiger partial charge in [-0.3, -0.25) is 0 Å². The van der Waals surface area contributed by atoms with Gasteiger partial charge in [0.05, 0.1) is 5.70 Å². The lowest BCUT2D eigenvalue weighted by Crippen LogP contribution is -2.30. The predicted molar refractivity (Wildman–Crippen MR) is 122 cm³/mol. The SMILES string of the molecule is CC.CC.CNN(C)/C1=C(\C)c2ccccc2CC=C(C)c2ccccc21. The predicted octanol–water partition coefficient (Wildman–Crippen LogP) is 6.65. The van der Waals surface area contributed by atoms with Gasteiger partial charge in [0.15, 0.2) is 0 Å². The summed E-state index contributed by atoms with van der Waals surface area (Å²) in [4.78, 5) is 0. The highest BCUT2D eigenvalue weighted by atomic mass is 15.5. The molecule has 0 amide bonds. The lowest BCUT2D eigenvalue weighted by Gasteiger charge is -2.26. The summed E-state index contributed by atoms with van der Waals surface area (Å²) in [5.74, 6) is 0. The molecule has 0 aliphatic heterocycles. The molecule has 0 unspecified atom stereocenters. The molecule has 0 atom stereocenters. The Labute approximate surface area is 166 Å². The van der Waals surface area contributed by atoms with Crippen molar-refractivity contribution < 1.29 is 0 Å². The van der Waals surface area contributed by atoms with E-state index < -0.39 is 0 Å². The molecule has 2 nitrogen and oxygen atoms in total. The number of benzene rings is 2. The van der Waals surface area contributed by atoms with E-state index in [1.165, 1.54) is 39.1 Å². The lowest BCUT2D eigenvalue weighted by molar-refractivity contribution is 0.387. The van der Waals surface area contributed by atoms with Gasteiger partial charge in [0.1, 0.15) is 0 Å². The zero-order valence-corrected chi connectivity index (χ0v) is 18.4. The first-order chi connectivity index (χ1) is 13.1. The average Bonchev–Trinajstić information content (AvgIpc) is 2.79. The second-order valence-corrected chi connectivity index (χ2v) is 6.05. The van der Waals surface area contributed by atoms with Crippen LogP contribution in [-0.4, -0.2) is 19.1 Å². The first kappa shape index (κ1) is 22.7. The minimum atomic E-state index is 0.963. The summed E-state index contributed by atoms with van der Waals surface area (Å²) in [5, 5.41) is 2.11. The summed E-state index contributed by atoms with van der Waals surface area (Å²) in [5.41, 5.74) is 12.4. The molecule has 0 spiro atoms. The van der Waals surface area contributed by atoms with Gasteiger partial charge < -0.3 is 5.01 Å². The normalized spacial score (nSPS) is 15.2. The fourth-order valence-electron chi connectivity index (χ4n) is 3.34. The lowest BCUT2D eigenvalue weighted by atomic mass is 9.94. The summed E-state index contributed by atoms with van der Waals surface area (Å²) in [6.07, 6.45) is 3.30. The third kappa shape index (κ3) is 5.11. The summed E-state index contributed by atoms with van der Waals surface area (Å²) in [6.45, 7) is 12.4. The van der Waals surface area contributed by atoms with E-state index in [1.807, 2.05) is 34.7 Å². The highest BCUT2D eigenvalue weighted by Gasteiger charge is 2.18. The van der Waals surface area contributed by atoms with Crippen LogP contribution in [0.3, 0.4) is 0 Å². The number of nitrogens with zero attached hydrogens (tertiary/aromatic N) is 1. The Morgan fingerprint density at radius 3 is 1.89 bits per heavy atom. The van der Waals surface area contributed by atoms with Crippen molar-refractivity contribution in [1.29, 1.82) is 0 Å². The molecule has 1 aliphatic carbocycles. The van der Waals surface area contributed by atoms with Crippen molar-refractivity contribution in [2.75, 3.05) is 14.1 Å². The van der Waals surface area contributed by atoms with Gasteiger partial charge in [0, 0.05) is 19.7 Å². The summed E-state index contributed by atoms with van der Waals surface area (Å²) >= 11 is 0. The fourth-order valence-corrected chi connectivity index (χ4v) is 3.34. The smallest absolute Gasteiger partial charge is 0.0629 e. The average molecular weight is 365 g/mol. The Hall–Kier alpha value is -2.32. The first-order valence-corrected chi connectivity index (χ1v) is 10.1. The van der Waals surface area contributed by atoms with Gasteiger partial charge in [0.2, 0.25) is 0 Å². The number of fused-ring (bicyclic) bond motifs is 2. The minimum absolute atomic E-state index is 0.963. The van der Waals surface area contributed by atoms with Crippen molar-refractivity contribution in [2.45, 2.75) is 48.0 Å². The Bertz CT molecular complexity index is 784. The molecule has 1 aliphatic rings. The van der Waals surface area contributed by atoms with Crippen LogP contribution < -0.4 is 5.43 Å². The first-order valence-electron chi connectivity index (χ1n) is 10.1. The largest absolute Gasteiger partial charge is 0.311 e. The Balaban J connectivity index is 0.000000855. The van der Waals surface area contributed by atoms with E-state index >= 15 is 0 Å². The highest BCUT2D eigenvalue weighted by molar-refractivity contribution is 5.93. The maximum atomic E-state index is 3.28. The molecular formula is C25H36N2. The van der Waals surface area contributed by atoms with Crippen molar-refractivity contribution in [3.05, 3.63) is 76.9 Å². The van der Waals surface area contributed by atoms with Crippen LogP contribution in [0, 0.1) is 0 Å². The molecule has 0 saturated heterocycles. The number of hydrogen-bond donors (Lipinski definition) is 1.